The second-order valence-electron chi connectivity index (χ2n) is 5.69. The van der Waals surface area contributed by atoms with Crippen LogP contribution in [-0.2, 0) is 16.0 Å². The molecule has 0 spiro atoms. The van der Waals surface area contributed by atoms with Crippen molar-refractivity contribution >= 4 is 11.9 Å². The number of hydrogen-bond acceptors (Lipinski definition) is 2. The fraction of sp³-hybridized carbons (Fsp3) is 0.500. The Balaban J connectivity index is 2.70. The lowest BCUT2D eigenvalue weighted by atomic mass is 10.0. The van der Waals surface area contributed by atoms with E-state index >= 15 is 0 Å². The van der Waals surface area contributed by atoms with Gasteiger partial charge in [0.15, 0.2) is 0 Å². The number of carboxylic acid groups (broad SMARTS) is 1. The predicted octanol–water partition coefficient (Wildman–Crippen LogP) is 2.46. The van der Waals surface area contributed by atoms with Gasteiger partial charge in [0.05, 0.1) is 6.42 Å². The summed E-state index contributed by atoms with van der Waals surface area (Å²) in [6.45, 7) is 7.80. The van der Waals surface area contributed by atoms with Gasteiger partial charge in [0.25, 0.3) is 0 Å². The molecular weight excluding hydrogens is 254 g/mol. The topological polar surface area (TPSA) is 66.4 Å². The zero-order valence-electron chi connectivity index (χ0n) is 12.6. The molecule has 110 valence electrons. The van der Waals surface area contributed by atoms with Crippen LogP contribution in [0, 0.1) is 19.8 Å². The lowest BCUT2D eigenvalue weighted by molar-refractivity contribution is -0.142. The van der Waals surface area contributed by atoms with Crippen LogP contribution in [0.15, 0.2) is 18.2 Å². The number of amides is 1. The Morgan fingerprint density at radius 2 is 1.90 bits per heavy atom. The molecule has 1 amide bonds. The summed E-state index contributed by atoms with van der Waals surface area (Å²) in [7, 11) is 0. The van der Waals surface area contributed by atoms with E-state index in [9.17, 15) is 9.59 Å². The van der Waals surface area contributed by atoms with E-state index in [1.54, 1.807) is 0 Å². The normalized spacial score (nSPS) is 12.2. The van der Waals surface area contributed by atoms with Crippen LogP contribution in [0.3, 0.4) is 0 Å². The van der Waals surface area contributed by atoms with E-state index in [4.69, 9.17) is 5.11 Å². The molecule has 1 aromatic carbocycles. The average Bonchev–Trinajstić information content (AvgIpc) is 2.32. The number of carbonyl (C=O) groups excluding carboxylic acids is 1. The van der Waals surface area contributed by atoms with Gasteiger partial charge in [-0.05, 0) is 37.3 Å². The van der Waals surface area contributed by atoms with Gasteiger partial charge in [0.2, 0.25) is 5.91 Å². The van der Waals surface area contributed by atoms with Gasteiger partial charge in [-0.25, -0.2) is 4.79 Å². The van der Waals surface area contributed by atoms with E-state index in [-0.39, 0.29) is 18.2 Å². The minimum atomic E-state index is -0.979. The molecule has 4 heteroatoms. The third kappa shape index (κ3) is 5.03. The van der Waals surface area contributed by atoms with Gasteiger partial charge in [-0.15, -0.1) is 0 Å². The Morgan fingerprint density at radius 3 is 2.45 bits per heavy atom. The molecule has 0 fully saturated rings. The summed E-state index contributed by atoms with van der Waals surface area (Å²) in [6, 6.07) is 5.12. The molecule has 0 bridgehead atoms. The van der Waals surface area contributed by atoms with Gasteiger partial charge in [-0.3, -0.25) is 4.79 Å². The minimum Gasteiger partial charge on any atom is -0.480 e. The molecule has 2 N–H and O–H groups in total. The summed E-state index contributed by atoms with van der Waals surface area (Å²) >= 11 is 0. The second-order valence-corrected chi connectivity index (χ2v) is 5.69. The SMILES string of the molecule is Cc1ccc(C)c(CC(=O)N[C@H](CC(C)C)C(=O)O)c1. The molecule has 0 saturated carbocycles. The van der Waals surface area contributed by atoms with Crippen LogP contribution >= 0.6 is 0 Å². The summed E-state index contributed by atoms with van der Waals surface area (Å²) in [5.74, 6) is -1.00. The maximum atomic E-state index is 12.0. The van der Waals surface area contributed by atoms with Crippen molar-refractivity contribution in [3.05, 3.63) is 34.9 Å². The molecule has 1 aromatic rings. The lowest BCUT2D eigenvalue weighted by Gasteiger charge is -2.17. The van der Waals surface area contributed by atoms with Crippen LogP contribution in [0.25, 0.3) is 0 Å². The molecule has 1 atom stereocenters. The Kier molecular flexibility index (Phi) is 5.74. The van der Waals surface area contributed by atoms with Crippen molar-refractivity contribution < 1.29 is 14.7 Å². The van der Waals surface area contributed by atoms with Gasteiger partial charge in [0.1, 0.15) is 6.04 Å². The molecule has 0 aliphatic heterocycles. The van der Waals surface area contributed by atoms with E-state index < -0.39 is 12.0 Å². The molecule has 1 rings (SSSR count). The summed E-state index contributed by atoms with van der Waals surface area (Å²) < 4.78 is 0. The van der Waals surface area contributed by atoms with Crippen LogP contribution in [0.1, 0.15) is 37.0 Å². The van der Waals surface area contributed by atoms with Crippen molar-refractivity contribution in [1.82, 2.24) is 5.32 Å². The standard InChI is InChI=1S/C16H23NO3/c1-10(2)7-14(16(19)20)17-15(18)9-13-8-11(3)5-6-12(13)4/h5-6,8,10,14H,7,9H2,1-4H3,(H,17,18)(H,19,20)/t14-/m1/s1. The molecule has 0 aliphatic rings. The van der Waals surface area contributed by atoms with Gasteiger partial charge in [-0.1, -0.05) is 37.6 Å². The van der Waals surface area contributed by atoms with Crippen molar-refractivity contribution in [2.45, 2.75) is 46.6 Å². The first-order valence-corrected chi connectivity index (χ1v) is 6.88. The second kappa shape index (κ2) is 7.08. The number of carboxylic acids is 1. The van der Waals surface area contributed by atoms with Crippen molar-refractivity contribution in [3.8, 4) is 0 Å². The number of carbonyl (C=O) groups is 2. The largest absolute Gasteiger partial charge is 0.480 e. The minimum absolute atomic E-state index is 0.218. The van der Waals surface area contributed by atoms with E-state index in [0.717, 1.165) is 16.7 Å². The number of hydrogen-bond donors (Lipinski definition) is 2. The molecular formula is C16H23NO3. The average molecular weight is 277 g/mol. The van der Waals surface area contributed by atoms with Crippen LogP contribution in [0.4, 0.5) is 0 Å². The van der Waals surface area contributed by atoms with E-state index in [1.165, 1.54) is 0 Å². The van der Waals surface area contributed by atoms with E-state index in [0.29, 0.717) is 6.42 Å². The maximum Gasteiger partial charge on any atom is 0.326 e. The number of nitrogens with one attached hydrogen (secondary N) is 1. The van der Waals surface area contributed by atoms with Gasteiger partial charge < -0.3 is 10.4 Å². The predicted molar refractivity (Wildman–Crippen MR) is 78.6 cm³/mol. The first kappa shape index (κ1) is 16.2. The highest BCUT2D eigenvalue weighted by atomic mass is 16.4. The molecule has 0 saturated heterocycles. The quantitative estimate of drug-likeness (QED) is 0.839. The highest BCUT2D eigenvalue weighted by Crippen LogP contribution is 2.12. The first-order valence-electron chi connectivity index (χ1n) is 6.88. The zero-order valence-corrected chi connectivity index (χ0v) is 12.6. The first-order chi connectivity index (χ1) is 9.29. The Morgan fingerprint density at radius 1 is 1.25 bits per heavy atom. The zero-order chi connectivity index (χ0) is 15.3. The number of rotatable bonds is 6. The van der Waals surface area contributed by atoms with Gasteiger partial charge in [-0.2, -0.15) is 0 Å². The van der Waals surface area contributed by atoms with E-state index in [2.05, 4.69) is 5.32 Å². The summed E-state index contributed by atoms with van der Waals surface area (Å²) in [6.07, 6.45) is 0.656. The third-order valence-electron chi connectivity index (χ3n) is 3.20. The molecule has 0 radical (unpaired) electrons. The Hall–Kier alpha value is -1.84. The van der Waals surface area contributed by atoms with Crippen molar-refractivity contribution in [2.75, 3.05) is 0 Å². The Labute approximate surface area is 120 Å². The highest BCUT2D eigenvalue weighted by Gasteiger charge is 2.21. The van der Waals surface area contributed by atoms with E-state index in [1.807, 2.05) is 45.9 Å². The molecule has 0 aromatic heterocycles. The maximum absolute atomic E-state index is 12.0. The van der Waals surface area contributed by atoms with Crippen LogP contribution in [-0.4, -0.2) is 23.0 Å². The Bertz CT molecular complexity index is 494. The fourth-order valence-electron chi connectivity index (χ4n) is 2.10. The van der Waals surface area contributed by atoms with Crippen molar-refractivity contribution in [3.63, 3.8) is 0 Å². The summed E-state index contributed by atoms with van der Waals surface area (Å²) in [4.78, 5) is 23.1. The smallest absolute Gasteiger partial charge is 0.326 e. The summed E-state index contributed by atoms with van der Waals surface area (Å²) in [5.41, 5.74) is 3.08. The van der Waals surface area contributed by atoms with Gasteiger partial charge in [0, 0.05) is 0 Å². The molecule has 0 unspecified atom stereocenters. The fourth-order valence-corrected chi connectivity index (χ4v) is 2.10. The molecule has 0 heterocycles. The monoisotopic (exact) mass is 277 g/mol. The number of aliphatic carboxylic acids is 1. The highest BCUT2D eigenvalue weighted by molar-refractivity contribution is 5.85. The number of benzene rings is 1. The van der Waals surface area contributed by atoms with Crippen molar-refractivity contribution in [1.29, 1.82) is 0 Å². The molecule has 20 heavy (non-hydrogen) atoms. The lowest BCUT2D eigenvalue weighted by Crippen LogP contribution is -2.42. The molecule has 4 nitrogen and oxygen atoms in total. The van der Waals surface area contributed by atoms with Crippen molar-refractivity contribution in [2.24, 2.45) is 5.92 Å². The van der Waals surface area contributed by atoms with Crippen LogP contribution < -0.4 is 5.32 Å². The molecule has 0 aliphatic carbocycles. The van der Waals surface area contributed by atoms with Gasteiger partial charge >= 0.3 is 5.97 Å². The van der Waals surface area contributed by atoms with Crippen LogP contribution in [0.2, 0.25) is 0 Å². The third-order valence-corrected chi connectivity index (χ3v) is 3.20. The number of aryl methyl sites for hydroxylation is 2. The van der Waals surface area contributed by atoms with Crippen LogP contribution in [0.5, 0.6) is 0 Å². The summed E-state index contributed by atoms with van der Waals surface area (Å²) in [5, 5.41) is 11.7.